The third-order valence-corrected chi connectivity index (χ3v) is 3.79. The van der Waals surface area contributed by atoms with E-state index in [1.54, 1.807) is 0 Å². The van der Waals surface area contributed by atoms with Crippen molar-refractivity contribution in [3.05, 3.63) is 29.8 Å². The number of amides is 1. The van der Waals surface area contributed by atoms with E-state index in [2.05, 4.69) is 10.1 Å². The zero-order valence-electron chi connectivity index (χ0n) is 11.4. The Kier molecular flexibility index (Phi) is 4.41. The molecule has 0 aliphatic heterocycles. The molecule has 7 heteroatoms. The molecule has 1 aromatic carbocycles. The van der Waals surface area contributed by atoms with Crippen LogP contribution >= 0.6 is 0 Å². The van der Waals surface area contributed by atoms with Crippen LogP contribution in [0.5, 0.6) is 5.75 Å². The number of hydrogen-bond donors (Lipinski definition) is 2. The van der Waals surface area contributed by atoms with Crippen LogP contribution in [0.4, 0.5) is 13.2 Å². The molecule has 0 bridgehead atoms. The molecule has 1 aliphatic carbocycles. The first-order chi connectivity index (χ1) is 9.85. The van der Waals surface area contributed by atoms with Crippen molar-refractivity contribution in [3.8, 4) is 5.75 Å². The summed E-state index contributed by atoms with van der Waals surface area (Å²) in [7, 11) is 0. The van der Waals surface area contributed by atoms with Gasteiger partial charge in [-0.3, -0.25) is 4.79 Å². The van der Waals surface area contributed by atoms with Gasteiger partial charge in [-0.1, -0.05) is 18.6 Å². The van der Waals surface area contributed by atoms with E-state index >= 15 is 0 Å². The second kappa shape index (κ2) is 5.93. The highest BCUT2D eigenvalue weighted by Gasteiger charge is 2.42. The van der Waals surface area contributed by atoms with Crippen molar-refractivity contribution in [1.29, 1.82) is 0 Å². The highest BCUT2D eigenvalue weighted by Crippen LogP contribution is 2.40. The Morgan fingerprint density at radius 2 is 1.90 bits per heavy atom. The first kappa shape index (κ1) is 15.6. The Bertz CT molecular complexity index is 490. The number of carbonyl (C=O) groups is 1. The van der Waals surface area contributed by atoms with Crippen LogP contribution in [-0.2, 0) is 11.3 Å². The van der Waals surface area contributed by atoms with Gasteiger partial charge in [0.2, 0.25) is 5.91 Å². The largest absolute Gasteiger partial charge is 0.573 e. The molecule has 1 saturated carbocycles. The van der Waals surface area contributed by atoms with Crippen LogP contribution in [0, 0.1) is 5.41 Å². The van der Waals surface area contributed by atoms with E-state index < -0.39 is 11.8 Å². The van der Waals surface area contributed by atoms with Gasteiger partial charge in [0.25, 0.3) is 0 Å². The normalized spacial score (nSPS) is 17.0. The van der Waals surface area contributed by atoms with E-state index in [9.17, 15) is 18.0 Å². The number of benzene rings is 1. The summed E-state index contributed by atoms with van der Waals surface area (Å²) in [4.78, 5) is 12.0. The molecule has 0 atom stereocenters. The predicted molar refractivity (Wildman–Crippen MR) is 70.3 cm³/mol. The molecule has 0 unspecified atom stereocenters. The molecule has 1 aromatic rings. The molecule has 1 amide bonds. The van der Waals surface area contributed by atoms with Gasteiger partial charge in [0.05, 0.1) is 5.41 Å². The van der Waals surface area contributed by atoms with Gasteiger partial charge in [-0.25, -0.2) is 0 Å². The number of halogens is 3. The van der Waals surface area contributed by atoms with Crippen LogP contribution in [0.15, 0.2) is 24.3 Å². The molecule has 0 spiro atoms. The third-order valence-electron chi connectivity index (χ3n) is 3.79. The summed E-state index contributed by atoms with van der Waals surface area (Å²) in [6, 6.07) is 5.41. The van der Waals surface area contributed by atoms with Crippen LogP contribution in [0.3, 0.4) is 0 Å². The molecule has 4 nitrogen and oxygen atoms in total. The van der Waals surface area contributed by atoms with Crippen molar-refractivity contribution in [2.24, 2.45) is 11.1 Å². The molecule has 0 radical (unpaired) electrons. The van der Waals surface area contributed by atoms with E-state index in [4.69, 9.17) is 5.73 Å². The molecule has 0 saturated heterocycles. The number of nitrogens with two attached hydrogens (primary N) is 1. The predicted octanol–water partition coefficient (Wildman–Crippen LogP) is 2.33. The van der Waals surface area contributed by atoms with Gasteiger partial charge in [0.1, 0.15) is 5.75 Å². The number of rotatable bonds is 5. The topological polar surface area (TPSA) is 64.4 Å². The Morgan fingerprint density at radius 3 is 2.33 bits per heavy atom. The second-order valence-corrected chi connectivity index (χ2v) is 5.21. The fourth-order valence-electron chi connectivity index (χ4n) is 2.31. The zero-order chi connectivity index (χ0) is 15.5. The first-order valence-corrected chi connectivity index (χ1v) is 6.68. The summed E-state index contributed by atoms with van der Waals surface area (Å²) in [5.74, 6) is -0.373. The van der Waals surface area contributed by atoms with Crippen molar-refractivity contribution in [2.75, 3.05) is 6.54 Å². The van der Waals surface area contributed by atoms with Crippen molar-refractivity contribution < 1.29 is 22.7 Å². The summed E-state index contributed by atoms with van der Waals surface area (Å²) in [5.41, 5.74) is 5.87. The third kappa shape index (κ3) is 3.87. The Hall–Kier alpha value is -1.76. The van der Waals surface area contributed by atoms with Crippen molar-refractivity contribution in [2.45, 2.75) is 32.2 Å². The standard InChI is InChI=1S/C14H17F3N2O2/c15-14(16,17)21-11-4-2-10(3-5-11)8-19-12(20)13(9-18)6-1-7-13/h2-5H,1,6-9,18H2,(H,19,20). The molecule has 3 N–H and O–H groups in total. The van der Waals surface area contributed by atoms with Crippen molar-refractivity contribution in [3.63, 3.8) is 0 Å². The summed E-state index contributed by atoms with van der Waals surface area (Å²) < 4.78 is 39.8. The van der Waals surface area contributed by atoms with Crippen LogP contribution in [0.2, 0.25) is 0 Å². The van der Waals surface area contributed by atoms with Gasteiger partial charge in [0, 0.05) is 13.1 Å². The monoisotopic (exact) mass is 302 g/mol. The number of carbonyl (C=O) groups excluding carboxylic acids is 1. The molecule has 1 fully saturated rings. The summed E-state index contributed by atoms with van der Waals surface area (Å²) in [5, 5.41) is 2.78. The molecule has 0 heterocycles. The summed E-state index contributed by atoms with van der Waals surface area (Å²) in [6.07, 6.45) is -2.14. The lowest BCUT2D eigenvalue weighted by Crippen LogP contribution is -2.50. The van der Waals surface area contributed by atoms with Gasteiger partial charge < -0.3 is 15.8 Å². The maximum atomic E-state index is 12.0. The van der Waals surface area contributed by atoms with Gasteiger partial charge in [-0.05, 0) is 30.5 Å². The minimum atomic E-state index is -4.70. The SMILES string of the molecule is NCC1(C(=O)NCc2ccc(OC(F)(F)F)cc2)CCC1. The van der Waals surface area contributed by atoms with E-state index in [1.165, 1.54) is 24.3 Å². The minimum Gasteiger partial charge on any atom is -0.406 e. The number of ether oxygens (including phenoxy) is 1. The second-order valence-electron chi connectivity index (χ2n) is 5.21. The number of hydrogen-bond acceptors (Lipinski definition) is 3. The number of nitrogens with one attached hydrogen (secondary N) is 1. The first-order valence-electron chi connectivity index (χ1n) is 6.68. The van der Waals surface area contributed by atoms with Crippen molar-refractivity contribution >= 4 is 5.91 Å². The molecule has 21 heavy (non-hydrogen) atoms. The van der Waals surface area contributed by atoms with Gasteiger partial charge in [-0.15, -0.1) is 13.2 Å². The molecule has 1 aliphatic rings. The average molecular weight is 302 g/mol. The van der Waals surface area contributed by atoms with Gasteiger partial charge in [0.15, 0.2) is 0 Å². The van der Waals surface area contributed by atoms with Crippen LogP contribution in [-0.4, -0.2) is 18.8 Å². The van der Waals surface area contributed by atoms with E-state index in [0.717, 1.165) is 19.3 Å². The summed E-state index contributed by atoms with van der Waals surface area (Å²) >= 11 is 0. The Labute approximate surface area is 120 Å². The Balaban J connectivity index is 1.88. The van der Waals surface area contributed by atoms with Crippen LogP contribution in [0.25, 0.3) is 0 Å². The quantitative estimate of drug-likeness (QED) is 0.877. The lowest BCUT2D eigenvalue weighted by molar-refractivity contribution is -0.274. The van der Waals surface area contributed by atoms with E-state index in [0.29, 0.717) is 12.1 Å². The minimum absolute atomic E-state index is 0.0909. The highest BCUT2D eigenvalue weighted by atomic mass is 19.4. The fraction of sp³-hybridized carbons (Fsp3) is 0.500. The highest BCUT2D eigenvalue weighted by molar-refractivity contribution is 5.83. The lowest BCUT2D eigenvalue weighted by Gasteiger charge is -2.39. The fourth-order valence-corrected chi connectivity index (χ4v) is 2.31. The number of alkyl halides is 3. The van der Waals surface area contributed by atoms with E-state index in [1.807, 2.05) is 0 Å². The smallest absolute Gasteiger partial charge is 0.406 e. The maximum Gasteiger partial charge on any atom is 0.573 e. The zero-order valence-corrected chi connectivity index (χ0v) is 11.4. The van der Waals surface area contributed by atoms with Crippen molar-refractivity contribution in [1.82, 2.24) is 5.32 Å². The average Bonchev–Trinajstić information content (AvgIpc) is 2.35. The van der Waals surface area contributed by atoms with Crippen LogP contribution in [0.1, 0.15) is 24.8 Å². The molecule has 116 valence electrons. The molecule has 2 rings (SSSR count). The summed E-state index contributed by atoms with van der Waals surface area (Å²) in [6.45, 7) is 0.573. The van der Waals surface area contributed by atoms with Crippen LogP contribution < -0.4 is 15.8 Å². The molecular weight excluding hydrogens is 285 g/mol. The van der Waals surface area contributed by atoms with Gasteiger partial charge in [-0.2, -0.15) is 0 Å². The lowest BCUT2D eigenvalue weighted by atomic mass is 9.68. The maximum absolute atomic E-state index is 12.0. The molecular formula is C14H17F3N2O2. The van der Waals surface area contributed by atoms with E-state index in [-0.39, 0.29) is 18.2 Å². The molecule has 0 aromatic heterocycles. The Morgan fingerprint density at radius 1 is 1.29 bits per heavy atom. The van der Waals surface area contributed by atoms with Gasteiger partial charge >= 0.3 is 6.36 Å².